The molecule has 7 nitrogen and oxygen atoms in total. The van der Waals surface area contributed by atoms with Crippen LogP contribution in [0.4, 0.5) is 0 Å². The van der Waals surface area contributed by atoms with Gasteiger partial charge in [0.05, 0.1) is 19.3 Å². The van der Waals surface area contributed by atoms with Crippen LogP contribution in [0.3, 0.4) is 0 Å². The summed E-state index contributed by atoms with van der Waals surface area (Å²) in [6, 6.07) is 16.5. The lowest BCUT2D eigenvalue weighted by atomic mass is 10.1. The molecule has 34 heavy (non-hydrogen) atoms. The highest BCUT2D eigenvalue weighted by Gasteiger charge is 2.13. The van der Waals surface area contributed by atoms with Gasteiger partial charge in [-0.05, 0) is 44.0 Å². The minimum absolute atomic E-state index is 0. The first-order valence-corrected chi connectivity index (χ1v) is 11.5. The van der Waals surface area contributed by atoms with Crippen molar-refractivity contribution in [3.8, 4) is 11.5 Å². The van der Waals surface area contributed by atoms with Gasteiger partial charge in [-0.25, -0.2) is 4.98 Å². The van der Waals surface area contributed by atoms with Crippen molar-refractivity contribution in [2.24, 2.45) is 4.99 Å². The fraction of sp³-hybridized carbons (Fsp3) is 0.385. The van der Waals surface area contributed by atoms with E-state index in [0.717, 1.165) is 48.4 Å². The van der Waals surface area contributed by atoms with Crippen LogP contribution in [0, 0.1) is 0 Å². The highest BCUT2D eigenvalue weighted by atomic mass is 127. The van der Waals surface area contributed by atoms with E-state index < -0.39 is 0 Å². The summed E-state index contributed by atoms with van der Waals surface area (Å²) >= 11 is 0. The molecule has 0 aliphatic carbocycles. The standard InChI is InChI=1S/C26H35N5O2.HI/c1-5-32-23-13-12-22(18-24(23)33-6-2)20(3)30-26(27-4)29-15-14-25-28-16-17-31(25)19-21-10-8-7-9-11-21;/h7-13,16-18,20H,5-6,14-15,19H2,1-4H3,(H2,27,29,30);1H. The fourth-order valence-electron chi connectivity index (χ4n) is 3.61. The Balaban J connectivity index is 0.00000408. The molecule has 0 radical (unpaired) electrons. The van der Waals surface area contributed by atoms with E-state index in [1.54, 1.807) is 7.05 Å². The van der Waals surface area contributed by atoms with Gasteiger partial charge < -0.3 is 24.7 Å². The van der Waals surface area contributed by atoms with Crippen molar-refractivity contribution in [2.45, 2.75) is 39.8 Å². The zero-order valence-corrected chi connectivity index (χ0v) is 22.8. The summed E-state index contributed by atoms with van der Waals surface area (Å²) in [6.07, 6.45) is 4.68. The van der Waals surface area contributed by atoms with Crippen LogP contribution in [0.15, 0.2) is 65.9 Å². The average molecular weight is 578 g/mol. The van der Waals surface area contributed by atoms with E-state index in [9.17, 15) is 0 Å². The van der Waals surface area contributed by atoms with Crippen molar-refractivity contribution in [1.29, 1.82) is 0 Å². The van der Waals surface area contributed by atoms with Crippen molar-refractivity contribution in [3.05, 3.63) is 77.9 Å². The maximum absolute atomic E-state index is 5.76. The van der Waals surface area contributed by atoms with E-state index in [1.807, 2.05) is 44.4 Å². The number of hydrogen-bond acceptors (Lipinski definition) is 4. The second-order valence-electron chi connectivity index (χ2n) is 7.64. The first-order chi connectivity index (χ1) is 16.1. The largest absolute Gasteiger partial charge is 0.490 e. The molecule has 0 bridgehead atoms. The topological polar surface area (TPSA) is 72.7 Å². The average Bonchev–Trinajstić information content (AvgIpc) is 3.27. The molecular formula is C26H36IN5O2. The highest BCUT2D eigenvalue weighted by molar-refractivity contribution is 14.0. The number of guanidine groups is 1. The number of rotatable bonds is 11. The van der Waals surface area contributed by atoms with Crippen LogP contribution in [-0.4, -0.2) is 42.3 Å². The van der Waals surface area contributed by atoms with E-state index in [0.29, 0.717) is 13.2 Å². The Morgan fingerprint density at radius 3 is 2.50 bits per heavy atom. The maximum atomic E-state index is 5.76. The molecule has 0 saturated carbocycles. The van der Waals surface area contributed by atoms with Crippen molar-refractivity contribution < 1.29 is 9.47 Å². The maximum Gasteiger partial charge on any atom is 0.191 e. The summed E-state index contributed by atoms with van der Waals surface area (Å²) in [5.41, 5.74) is 2.36. The molecule has 0 amide bonds. The Hall–Kier alpha value is -2.75. The molecule has 2 aromatic carbocycles. The third-order valence-electron chi connectivity index (χ3n) is 5.28. The van der Waals surface area contributed by atoms with Gasteiger partial charge in [-0.3, -0.25) is 4.99 Å². The molecule has 1 heterocycles. The monoisotopic (exact) mass is 577 g/mol. The smallest absolute Gasteiger partial charge is 0.191 e. The predicted octanol–water partition coefficient (Wildman–Crippen LogP) is 4.82. The van der Waals surface area contributed by atoms with Crippen LogP contribution in [0.25, 0.3) is 0 Å². The Morgan fingerprint density at radius 1 is 1.06 bits per heavy atom. The van der Waals surface area contributed by atoms with Gasteiger partial charge in [-0.15, -0.1) is 24.0 Å². The van der Waals surface area contributed by atoms with E-state index >= 15 is 0 Å². The number of ether oxygens (including phenoxy) is 2. The predicted molar refractivity (Wildman–Crippen MR) is 149 cm³/mol. The van der Waals surface area contributed by atoms with Crippen LogP contribution in [0.1, 0.15) is 43.8 Å². The van der Waals surface area contributed by atoms with E-state index in [-0.39, 0.29) is 30.0 Å². The number of hydrogen-bond donors (Lipinski definition) is 2. The second kappa shape index (κ2) is 14.5. The summed E-state index contributed by atoms with van der Waals surface area (Å²) in [5.74, 6) is 3.32. The molecule has 3 aromatic rings. The number of halogens is 1. The Morgan fingerprint density at radius 2 is 1.79 bits per heavy atom. The lowest BCUT2D eigenvalue weighted by Gasteiger charge is -2.20. The number of imidazole rings is 1. The van der Waals surface area contributed by atoms with Gasteiger partial charge in [0.15, 0.2) is 17.5 Å². The molecule has 0 aliphatic heterocycles. The number of aliphatic imine (C=N–C) groups is 1. The van der Waals surface area contributed by atoms with Crippen molar-refractivity contribution >= 4 is 29.9 Å². The van der Waals surface area contributed by atoms with Crippen LogP contribution in [-0.2, 0) is 13.0 Å². The highest BCUT2D eigenvalue weighted by Crippen LogP contribution is 2.30. The Bertz CT molecular complexity index is 1020. The van der Waals surface area contributed by atoms with Crippen molar-refractivity contribution in [1.82, 2.24) is 20.2 Å². The molecular weight excluding hydrogens is 541 g/mol. The molecule has 2 N–H and O–H groups in total. The molecule has 1 aromatic heterocycles. The summed E-state index contributed by atoms with van der Waals surface area (Å²) in [6.45, 7) is 8.79. The van der Waals surface area contributed by atoms with Gasteiger partial charge in [0.1, 0.15) is 5.82 Å². The third kappa shape index (κ3) is 7.93. The zero-order chi connectivity index (χ0) is 23.5. The quantitative estimate of drug-likeness (QED) is 0.194. The minimum atomic E-state index is 0. The van der Waals surface area contributed by atoms with Crippen LogP contribution in [0.2, 0.25) is 0 Å². The molecule has 3 rings (SSSR count). The first-order valence-electron chi connectivity index (χ1n) is 11.5. The molecule has 0 aliphatic rings. The van der Waals surface area contributed by atoms with Crippen molar-refractivity contribution in [2.75, 3.05) is 26.8 Å². The number of benzene rings is 2. The number of aromatic nitrogens is 2. The Kier molecular flexibility index (Phi) is 11.7. The van der Waals surface area contributed by atoms with Gasteiger partial charge >= 0.3 is 0 Å². The van der Waals surface area contributed by atoms with Gasteiger partial charge in [0.25, 0.3) is 0 Å². The van der Waals surface area contributed by atoms with Crippen molar-refractivity contribution in [3.63, 3.8) is 0 Å². The van der Waals surface area contributed by atoms with Crippen LogP contribution in [0.5, 0.6) is 11.5 Å². The number of nitrogens with zero attached hydrogens (tertiary/aromatic N) is 3. The molecule has 0 fully saturated rings. The summed E-state index contributed by atoms with van der Waals surface area (Å²) in [7, 11) is 1.78. The number of nitrogens with one attached hydrogen (secondary N) is 2. The van der Waals surface area contributed by atoms with Crippen LogP contribution < -0.4 is 20.1 Å². The summed E-state index contributed by atoms with van der Waals surface area (Å²) in [4.78, 5) is 8.91. The molecule has 0 spiro atoms. The molecule has 1 atom stereocenters. The normalized spacial score (nSPS) is 11.9. The van der Waals surface area contributed by atoms with Gasteiger partial charge in [-0.2, -0.15) is 0 Å². The molecule has 184 valence electrons. The lowest BCUT2D eigenvalue weighted by molar-refractivity contribution is 0.287. The Labute approximate surface area is 220 Å². The fourth-order valence-corrected chi connectivity index (χ4v) is 3.61. The lowest BCUT2D eigenvalue weighted by Crippen LogP contribution is -2.39. The second-order valence-corrected chi connectivity index (χ2v) is 7.64. The first kappa shape index (κ1) is 27.5. The van der Waals surface area contributed by atoms with E-state index in [1.165, 1.54) is 5.56 Å². The minimum Gasteiger partial charge on any atom is -0.490 e. The van der Waals surface area contributed by atoms with Crippen LogP contribution >= 0.6 is 24.0 Å². The van der Waals surface area contributed by atoms with E-state index in [2.05, 4.69) is 62.4 Å². The molecule has 1 unspecified atom stereocenters. The third-order valence-corrected chi connectivity index (χ3v) is 5.28. The zero-order valence-electron chi connectivity index (χ0n) is 20.5. The van der Waals surface area contributed by atoms with Gasteiger partial charge in [0.2, 0.25) is 0 Å². The summed E-state index contributed by atoms with van der Waals surface area (Å²) in [5, 5.41) is 6.85. The molecule has 8 heteroatoms. The summed E-state index contributed by atoms with van der Waals surface area (Å²) < 4.78 is 13.6. The van der Waals surface area contributed by atoms with Gasteiger partial charge in [0, 0.05) is 39.0 Å². The van der Waals surface area contributed by atoms with E-state index in [4.69, 9.17) is 9.47 Å². The molecule has 0 saturated heterocycles. The van der Waals surface area contributed by atoms with Gasteiger partial charge in [-0.1, -0.05) is 36.4 Å². The SMILES string of the molecule is CCOc1ccc(C(C)NC(=NC)NCCc2nccn2Cc2ccccc2)cc1OCC.I.